The normalized spacial score (nSPS) is 19.3. The number of alkyl halides is 1. The van der Waals surface area contributed by atoms with Gasteiger partial charge >= 0.3 is 0 Å². The van der Waals surface area contributed by atoms with Gasteiger partial charge < -0.3 is 4.90 Å². The second kappa shape index (κ2) is 5.83. The van der Waals surface area contributed by atoms with Crippen molar-refractivity contribution in [3.63, 3.8) is 0 Å². The summed E-state index contributed by atoms with van der Waals surface area (Å²) in [5.41, 5.74) is 1.12. The number of nitrogens with zero attached hydrogens (tertiary/aromatic N) is 1. The molecule has 1 heterocycles. The van der Waals surface area contributed by atoms with Gasteiger partial charge in [-0.05, 0) is 49.4 Å². The molecule has 1 amide bonds. The van der Waals surface area contributed by atoms with E-state index in [0.717, 1.165) is 31.3 Å². The quantitative estimate of drug-likeness (QED) is 0.783. The van der Waals surface area contributed by atoms with Crippen LogP contribution in [-0.2, 0) is 0 Å². The van der Waals surface area contributed by atoms with E-state index in [-0.39, 0.29) is 11.7 Å². The highest BCUT2D eigenvalue weighted by atomic mass is 79.9. The predicted octanol–water partition coefficient (Wildman–Crippen LogP) is 3.38. The average molecular weight is 314 g/mol. The number of hydrogen-bond acceptors (Lipinski definition) is 1. The first-order valence-corrected chi connectivity index (χ1v) is 7.35. The van der Waals surface area contributed by atoms with Crippen LogP contribution in [0.3, 0.4) is 0 Å². The molecule has 1 aliphatic rings. The molecule has 0 aliphatic carbocycles. The van der Waals surface area contributed by atoms with E-state index in [1.165, 1.54) is 6.07 Å². The third-order valence-electron chi connectivity index (χ3n) is 3.50. The van der Waals surface area contributed by atoms with Crippen molar-refractivity contribution in [2.75, 3.05) is 18.4 Å². The van der Waals surface area contributed by atoms with Gasteiger partial charge in [0.1, 0.15) is 5.82 Å². The molecule has 0 saturated carbocycles. The lowest BCUT2D eigenvalue weighted by molar-refractivity contribution is 0.0787. The zero-order chi connectivity index (χ0) is 13.1. The first-order chi connectivity index (χ1) is 8.61. The van der Waals surface area contributed by atoms with Crippen LogP contribution in [0.1, 0.15) is 28.8 Å². The van der Waals surface area contributed by atoms with Crippen LogP contribution in [-0.4, -0.2) is 29.2 Å². The van der Waals surface area contributed by atoms with Crippen LogP contribution >= 0.6 is 15.9 Å². The van der Waals surface area contributed by atoms with Crippen molar-refractivity contribution < 1.29 is 9.18 Å². The molecule has 18 heavy (non-hydrogen) atoms. The minimum absolute atomic E-state index is 0.0233. The molecule has 0 bridgehead atoms. The van der Waals surface area contributed by atoms with Crippen molar-refractivity contribution in [3.8, 4) is 0 Å². The molecule has 4 heteroatoms. The molecule has 2 rings (SSSR count). The van der Waals surface area contributed by atoms with Crippen LogP contribution in [0.2, 0.25) is 0 Å². The maximum Gasteiger partial charge on any atom is 0.253 e. The van der Waals surface area contributed by atoms with Gasteiger partial charge in [-0.3, -0.25) is 4.79 Å². The number of halogens is 2. The van der Waals surface area contributed by atoms with E-state index in [1.54, 1.807) is 19.1 Å². The largest absolute Gasteiger partial charge is 0.338 e. The maximum absolute atomic E-state index is 13.2. The van der Waals surface area contributed by atoms with Crippen molar-refractivity contribution in [1.82, 2.24) is 4.90 Å². The Morgan fingerprint density at radius 1 is 1.56 bits per heavy atom. The number of amides is 1. The minimum Gasteiger partial charge on any atom is -0.338 e. The molecule has 0 radical (unpaired) electrons. The van der Waals surface area contributed by atoms with Gasteiger partial charge in [0, 0.05) is 24.0 Å². The van der Waals surface area contributed by atoms with Gasteiger partial charge in [0.25, 0.3) is 5.91 Å². The molecule has 1 aromatic rings. The van der Waals surface area contributed by atoms with Crippen LogP contribution in [0.15, 0.2) is 18.2 Å². The monoisotopic (exact) mass is 313 g/mol. The number of hydrogen-bond donors (Lipinski definition) is 0. The van der Waals surface area contributed by atoms with Crippen molar-refractivity contribution in [2.24, 2.45) is 5.92 Å². The minimum atomic E-state index is -0.259. The first kappa shape index (κ1) is 13.5. The van der Waals surface area contributed by atoms with E-state index in [2.05, 4.69) is 15.9 Å². The fourth-order valence-electron chi connectivity index (χ4n) is 2.37. The van der Waals surface area contributed by atoms with Crippen LogP contribution < -0.4 is 0 Å². The number of carbonyl (C=O) groups excluding carboxylic acids is 1. The third-order valence-corrected chi connectivity index (χ3v) is 3.95. The van der Waals surface area contributed by atoms with Crippen LogP contribution in [0.5, 0.6) is 0 Å². The van der Waals surface area contributed by atoms with Gasteiger partial charge in [-0.15, -0.1) is 0 Å². The maximum atomic E-state index is 13.2. The summed E-state index contributed by atoms with van der Waals surface area (Å²) in [4.78, 5) is 14.1. The van der Waals surface area contributed by atoms with Crippen molar-refractivity contribution in [3.05, 3.63) is 35.1 Å². The molecule has 1 unspecified atom stereocenters. The fourth-order valence-corrected chi connectivity index (χ4v) is 3.01. The summed E-state index contributed by atoms with van der Waals surface area (Å²) in [5, 5.41) is 0.982. The zero-order valence-corrected chi connectivity index (χ0v) is 12.0. The molecule has 0 spiro atoms. The second-order valence-corrected chi connectivity index (χ2v) is 5.64. The Morgan fingerprint density at radius 3 is 3.00 bits per heavy atom. The molecular weight excluding hydrogens is 297 g/mol. The summed E-state index contributed by atoms with van der Waals surface area (Å²) in [7, 11) is 0. The molecule has 1 fully saturated rings. The Kier molecular flexibility index (Phi) is 4.38. The molecular formula is C14H17BrFNO. The topological polar surface area (TPSA) is 20.3 Å². The number of benzene rings is 1. The van der Waals surface area contributed by atoms with Gasteiger partial charge in [-0.2, -0.15) is 0 Å². The van der Waals surface area contributed by atoms with Crippen molar-refractivity contribution >= 4 is 21.8 Å². The van der Waals surface area contributed by atoms with Gasteiger partial charge in [0.15, 0.2) is 0 Å². The standard InChI is InChI=1S/C14H17BrFNO/c1-10-8-12(2-3-13(10)16)14(18)17-7-5-11(9-17)4-6-15/h2-3,8,11H,4-7,9H2,1H3. The molecule has 1 aromatic carbocycles. The van der Waals surface area contributed by atoms with Crippen molar-refractivity contribution in [1.29, 1.82) is 0 Å². The number of rotatable bonds is 3. The highest BCUT2D eigenvalue weighted by Crippen LogP contribution is 2.22. The van der Waals surface area contributed by atoms with Gasteiger partial charge in [-0.25, -0.2) is 4.39 Å². The highest BCUT2D eigenvalue weighted by molar-refractivity contribution is 9.09. The SMILES string of the molecule is Cc1cc(C(=O)N2CCC(CCBr)C2)ccc1F. The van der Waals surface area contributed by atoms with Crippen LogP contribution in [0.4, 0.5) is 4.39 Å². The summed E-state index contributed by atoms with van der Waals surface area (Å²) in [6.45, 7) is 3.32. The summed E-state index contributed by atoms with van der Waals surface area (Å²) in [6, 6.07) is 4.58. The average Bonchev–Trinajstić information content (AvgIpc) is 2.81. The number of likely N-dealkylation sites (tertiary alicyclic amines) is 1. The summed E-state index contributed by atoms with van der Waals surface area (Å²) >= 11 is 3.43. The Hall–Kier alpha value is -0.900. The van der Waals surface area contributed by atoms with E-state index < -0.39 is 0 Å². The van der Waals surface area contributed by atoms with Crippen LogP contribution in [0.25, 0.3) is 0 Å². The molecule has 1 atom stereocenters. The molecule has 0 aromatic heterocycles. The lowest BCUT2D eigenvalue weighted by Gasteiger charge is -2.16. The third kappa shape index (κ3) is 2.91. The summed E-state index contributed by atoms with van der Waals surface area (Å²) in [6.07, 6.45) is 2.17. The van der Waals surface area contributed by atoms with Crippen LogP contribution in [0, 0.1) is 18.7 Å². The Labute approximate surface area is 115 Å². The molecule has 98 valence electrons. The Balaban J connectivity index is 2.05. The summed E-state index contributed by atoms with van der Waals surface area (Å²) in [5.74, 6) is 0.357. The van der Waals surface area contributed by atoms with Gasteiger partial charge in [0.05, 0.1) is 0 Å². The van der Waals surface area contributed by atoms with Gasteiger partial charge in [-0.1, -0.05) is 15.9 Å². The first-order valence-electron chi connectivity index (χ1n) is 6.23. The lowest BCUT2D eigenvalue weighted by atomic mass is 10.1. The van der Waals surface area contributed by atoms with Crippen molar-refractivity contribution in [2.45, 2.75) is 19.8 Å². The molecule has 1 aliphatic heterocycles. The fraction of sp³-hybridized carbons (Fsp3) is 0.500. The van der Waals surface area contributed by atoms with Gasteiger partial charge in [0.2, 0.25) is 0 Å². The van der Waals surface area contributed by atoms with E-state index >= 15 is 0 Å². The highest BCUT2D eigenvalue weighted by Gasteiger charge is 2.26. The Bertz CT molecular complexity index is 449. The second-order valence-electron chi connectivity index (χ2n) is 4.85. The zero-order valence-electron chi connectivity index (χ0n) is 10.5. The summed E-state index contributed by atoms with van der Waals surface area (Å²) < 4.78 is 13.2. The van der Waals surface area contributed by atoms with E-state index in [9.17, 15) is 9.18 Å². The predicted molar refractivity (Wildman–Crippen MR) is 73.6 cm³/mol. The molecule has 0 N–H and O–H groups in total. The smallest absolute Gasteiger partial charge is 0.253 e. The number of carbonyl (C=O) groups is 1. The molecule has 2 nitrogen and oxygen atoms in total. The van der Waals surface area contributed by atoms with E-state index in [1.807, 2.05) is 4.90 Å². The number of aryl methyl sites for hydroxylation is 1. The lowest BCUT2D eigenvalue weighted by Crippen LogP contribution is -2.28. The molecule has 1 saturated heterocycles. The van der Waals surface area contributed by atoms with E-state index in [0.29, 0.717) is 17.0 Å². The Morgan fingerprint density at radius 2 is 2.33 bits per heavy atom. The van der Waals surface area contributed by atoms with E-state index in [4.69, 9.17) is 0 Å².